The molecular formula is C15H26N4O. The van der Waals surface area contributed by atoms with Crippen LogP contribution in [0.4, 0.5) is 5.69 Å². The summed E-state index contributed by atoms with van der Waals surface area (Å²) in [6.07, 6.45) is 4.11. The van der Waals surface area contributed by atoms with Gasteiger partial charge in [-0.1, -0.05) is 13.8 Å². The molecule has 5 nitrogen and oxygen atoms in total. The van der Waals surface area contributed by atoms with Crippen molar-refractivity contribution >= 4 is 11.6 Å². The van der Waals surface area contributed by atoms with Crippen molar-refractivity contribution in [1.29, 1.82) is 0 Å². The van der Waals surface area contributed by atoms with Crippen LogP contribution < -0.4 is 5.73 Å². The van der Waals surface area contributed by atoms with E-state index in [1.807, 2.05) is 11.8 Å². The van der Waals surface area contributed by atoms with Gasteiger partial charge in [-0.15, -0.1) is 0 Å². The monoisotopic (exact) mass is 278 g/mol. The molecule has 0 radical (unpaired) electrons. The largest absolute Gasteiger partial charge is 0.397 e. The number of nitrogen functional groups attached to an aromatic ring is 1. The highest BCUT2D eigenvalue weighted by atomic mass is 16.2. The second-order valence-electron chi connectivity index (χ2n) is 4.73. The van der Waals surface area contributed by atoms with Gasteiger partial charge in [-0.25, -0.2) is 0 Å². The van der Waals surface area contributed by atoms with E-state index in [1.54, 1.807) is 12.3 Å². The number of amides is 1. The molecule has 0 spiro atoms. The molecule has 0 bridgehead atoms. The quantitative estimate of drug-likeness (QED) is 0.788. The topological polar surface area (TPSA) is 62.5 Å². The van der Waals surface area contributed by atoms with Crippen LogP contribution in [0.15, 0.2) is 18.5 Å². The molecule has 0 saturated heterocycles. The molecule has 1 heterocycles. The Hall–Kier alpha value is -1.62. The maximum absolute atomic E-state index is 12.4. The molecule has 1 amide bonds. The average Bonchev–Trinajstić information content (AvgIpc) is 2.47. The van der Waals surface area contributed by atoms with Crippen molar-refractivity contribution in [2.75, 3.05) is 38.5 Å². The zero-order valence-corrected chi connectivity index (χ0v) is 12.8. The lowest BCUT2D eigenvalue weighted by atomic mass is 10.2. The second kappa shape index (κ2) is 8.53. The van der Waals surface area contributed by atoms with Crippen molar-refractivity contribution in [2.45, 2.75) is 27.2 Å². The van der Waals surface area contributed by atoms with E-state index < -0.39 is 0 Å². The molecule has 0 unspecified atom stereocenters. The first kappa shape index (κ1) is 16.4. The average molecular weight is 278 g/mol. The third-order valence-electron chi connectivity index (χ3n) is 3.55. The fourth-order valence-electron chi connectivity index (χ4n) is 2.20. The standard InChI is InChI=1S/C15H26N4O/c1-4-18(5-2)10-7-11-19(6-3)15(20)13-8-9-17-12-14(13)16/h8-9,12H,4-7,10-11,16H2,1-3H3. The number of rotatable bonds is 8. The maximum atomic E-state index is 12.4. The highest BCUT2D eigenvalue weighted by Crippen LogP contribution is 2.12. The van der Waals surface area contributed by atoms with E-state index in [0.29, 0.717) is 17.8 Å². The molecule has 1 aromatic heterocycles. The van der Waals surface area contributed by atoms with E-state index >= 15 is 0 Å². The summed E-state index contributed by atoms with van der Waals surface area (Å²) < 4.78 is 0. The SMILES string of the molecule is CCN(CC)CCCN(CC)C(=O)c1ccncc1N. The van der Waals surface area contributed by atoms with Gasteiger partial charge in [0.25, 0.3) is 5.91 Å². The lowest BCUT2D eigenvalue weighted by Crippen LogP contribution is -2.34. The van der Waals surface area contributed by atoms with E-state index in [9.17, 15) is 4.79 Å². The molecule has 1 aromatic rings. The summed E-state index contributed by atoms with van der Waals surface area (Å²) in [6, 6.07) is 1.69. The minimum atomic E-state index is -0.00746. The zero-order chi connectivity index (χ0) is 15.0. The smallest absolute Gasteiger partial charge is 0.256 e. The third-order valence-corrected chi connectivity index (χ3v) is 3.55. The van der Waals surface area contributed by atoms with Gasteiger partial charge in [-0.2, -0.15) is 0 Å². The summed E-state index contributed by atoms with van der Waals surface area (Å²) in [6.45, 7) is 10.9. The number of anilines is 1. The van der Waals surface area contributed by atoms with Crippen LogP contribution in [0.1, 0.15) is 37.6 Å². The molecule has 5 heteroatoms. The normalized spacial score (nSPS) is 10.8. The van der Waals surface area contributed by atoms with Crippen LogP contribution in [-0.4, -0.2) is 53.4 Å². The van der Waals surface area contributed by atoms with Crippen LogP contribution in [0.2, 0.25) is 0 Å². The number of carbonyl (C=O) groups is 1. The Morgan fingerprint density at radius 2 is 1.90 bits per heavy atom. The van der Waals surface area contributed by atoms with Gasteiger partial charge in [0.05, 0.1) is 17.4 Å². The first-order valence-corrected chi connectivity index (χ1v) is 7.35. The summed E-state index contributed by atoms with van der Waals surface area (Å²) >= 11 is 0. The van der Waals surface area contributed by atoms with E-state index in [1.165, 1.54) is 6.20 Å². The molecule has 0 fully saturated rings. The van der Waals surface area contributed by atoms with Gasteiger partial charge in [0.1, 0.15) is 0 Å². The van der Waals surface area contributed by atoms with Gasteiger partial charge < -0.3 is 15.5 Å². The summed E-state index contributed by atoms with van der Waals surface area (Å²) in [7, 11) is 0. The summed E-state index contributed by atoms with van der Waals surface area (Å²) in [4.78, 5) is 20.5. The maximum Gasteiger partial charge on any atom is 0.256 e. The van der Waals surface area contributed by atoms with E-state index in [4.69, 9.17) is 5.73 Å². The number of pyridine rings is 1. The predicted molar refractivity (Wildman–Crippen MR) is 82.6 cm³/mol. The Bertz CT molecular complexity index is 418. The van der Waals surface area contributed by atoms with Crippen LogP contribution in [0, 0.1) is 0 Å². The number of carbonyl (C=O) groups excluding carboxylic acids is 1. The van der Waals surface area contributed by atoms with Crippen molar-refractivity contribution in [3.8, 4) is 0 Å². The Balaban J connectivity index is 2.58. The van der Waals surface area contributed by atoms with Crippen LogP contribution in [0.25, 0.3) is 0 Å². The lowest BCUT2D eigenvalue weighted by Gasteiger charge is -2.24. The van der Waals surface area contributed by atoms with Gasteiger partial charge in [-0.3, -0.25) is 9.78 Å². The third kappa shape index (κ3) is 4.49. The van der Waals surface area contributed by atoms with Crippen molar-refractivity contribution in [3.63, 3.8) is 0 Å². The molecule has 0 atom stereocenters. The van der Waals surface area contributed by atoms with Crippen molar-refractivity contribution in [1.82, 2.24) is 14.8 Å². The fraction of sp³-hybridized carbons (Fsp3) is 0.600. The Labute approximate surface area is 121 Å². The van der Waals surface area contributed by atoms with Crippen LogP contribution in [0.5, 0.6) is 0 Å². The second-order valence-corrected chi connectivity index (χ2v) is 4.73. The molecule has 0 aliphatic carbocycles. The Morgan fingerprint density at radius 3 is 2.45 bits per heavy atom. The highest BCUT2D eigenvalue weighted by molar-refractivity contribution is 5.98. The van der Waals surface area contributed by atoms with Crippen LogP contribution >= 0.6 is 0 Å². The Kier molecular flexibility index (Phi) is 7.01. The Morgan fingerprint density at radius 1 is 1.20 bits per heavy atom. The number of aromatic nitrogens is 1. The molecular weight excluding hydrogens is 252 g/mol. The van der Waals surface area contributed by atoms with Gasteiger partial charge in [-0.05, 0) is 39.0 Å². The minimum Gasteiger partial charge on any atom is -0.397 e. The van der Waals surface area contributed by atoms with Crippen LogP contribution in [0.3, 0.4) is 0 Å². The first-order chi connectivity index (χ1) is 9.63. The molecule has 20 heavy (non-hydrogen) atoms. The van der Waals surface area contributed by atoms with E-state index in [-0.39, 0.29) is 5.91 Å². The lowest BCUT2D eigenvalue weighted by molar-refractivity contribution is 0.0758. The number of hydrogen-bond acceptors (Lipinski definition) is 4. The number of nitrogens with two attached hydrogens (primary N) is 1. The van der Waals surface area contributed by atoms with Gasteiger partial charge in [0.15, 0.2) is 0 Å². The molecule has 112 valence electrons. The predicted octanol–water partition coefficient (Wildman–Crippen LogP) is 1.86. The van der Waals surface area contributed by atoms with Gasteiger partial charge >= 0.3 is 0 Å². The van der Waals surface area contributed by atoms with E-state index in [2.05, 4.69) is 23.7 Å². The first-order valence-electron chi connectivity index (χ1n) is 7.35. The number of nitrogens with zero attached hydrogens (tertiary/aromatic N) is 3. The molecule has 1 rings (SSSR count). The molecule has 0 aromatic carbocycles. The van der Waals surface area contributed by atoms with Crippen molar-refractivity contribution < 1.29 is 4.79 Å². The summed E-state index contributed by atoms with van der Waals surface area (Å²) in [5.41, 5.74) is 6.81. The van der Waals surface area contributed by atoms with Crippen molar-refractivity contribution in [3.05, 3.63) is 24.0 Å². The molecule has 0 aliphatic rings. The van der Waals surface area contributed by atoms with Crippen LogP contribution in [-0.2, 0) is 0 Å². The molecule has 2 N–H and O–H groups in total. The van der Waals surface area contributed by atoms with Crippen molar-refractivity contribution in [2.24, 2.45) is 0 Å². The minimum absolute atomic E-state index is 0.00746. The molecule has 0 saturated carbocycles. The van der Waals surface area contributed by atoms with Gasteiger partial charge in [0, 0.05) is 19.3 Å². The highest BCUT2D eigenvalue weighted by Gasteiger charge is 2.16. The summed E-state index contributed by atoms with van der Waals surface area (Å²) in [5.74, 6) is -0.00746. The molecule has 0 aliphatic heterocycles. The zero-order valence-electron chi connectivity index (χ0n) is 12.8. The number of hydrogen-bond donors (Lipinski definition) is 1. The van der Waals surface area contributed by atoms with Gasteiger partial charge in [0.2, 0.25) is 0 Å². The summed E-state index contributed by atoms with van der Waals surface area (Å²) in [5, 5.41) is 0. The van der Waals surface area contributed by atoms with E-state index in [0.717, 1.165) is 32.6 Å². The fourth-order valence-corrected chi connectivity index (χ4v) is 2.20.